The smallest absolute Gasteiger partial charge is 0.259 e. The van der Waals surface area contributed by atoms with Crippen LogP contribution in [0.25, 0.3) is 0 Å². The molecule has 2 aromatic carbocycles. The van der Waals surface area contributed by atoms with E-state index in [1.54, 1.807) is 0 Å². The first kappa shape index (κ1) is 13.7. The van der Waals surface area contributed by atoms with Crippen molar-refractivity contribution in [3.8, 4) is 5.75 Å². The zero-order chi connectivity index (χ0) is 14.9. The summed E-state index contributed by atoms with van der Waals surface area (Å²) >= 11 is 0. The Hall–Kier alpha value is -2.70. The number of hydrogen-bond acceptors (Lipinski definition) is 3. The number of phenolic OH excluding ortho intramolecular Hbond substituents is 1. The second-order valence-corrected chi connectivity index (χ2v) is 3.97. The largest absolute Gasteiger partial charge is 0.507 e. The lowest BCUT2D eigenvalue weighted by Gasteiger charge is -2.09. The zero-order valence-corrected chi connectivity index (χ0v) is 9.95. The molecule has 0 saturated carbocycles. The number of nitrogens with one attached hydrogen (secondary N) is 1. The number of aromatic hydroxyl groups is 1. The second kappa shape index (κ2) is 5.12. The molecule has 0 aliphatic heterocycles. The minimum absolute atomic E-state index is 0.256. The second-order valence-electron chi connectivity index (χ2n) is 3.97. The number of halogens is 3. The molecular formula is C13H9F3N2O2. The van der Waals surface area contributed by atoms with Crippen LogP contribution in [0, 0.1) is 17.5 Å². The van der Waals surface area contributed by atoms with Crippen molar-refractivity contribution in [2.45, 2.75) is 0 Å². The number of carbonyl (C=O) groups is 1. The molecule has 7 heteroatoms. The maximum Gasteiger partial charge on any atom is 0.259 e. The molecule has 0 atom stereocenters. The van der Waals surface area contributed by atoms with Gasteiger partial charge in [-0.3, -0.25) is 4.79 Å². The van der Waals surface area contributed by atoms with E-state index in [2.05, 4.69) is 5.32 Å². The Bertz CT molecular complexity index is 690. The highest BCUT2D eigenvalue weighted by atomic mass is 19.1. The molecule has 104 valence electrons. The Morgan fingerprint density at radius 2 is 1.80 bits per heavy atom. The fraction of sp³-hybridized carbons (Fsp3) is 0. The molecule has 4 nitrogen and oxygen atoms in total. The van der Waals surface area contributed by atoms with Crippen LogP contribution < -0.4 is 11.1 Å². The van der Waals surface area contributed by atoms with Gasteiger partial charge in [-0.15, -0.1) is 0 Å². The van der Waals surface area contributed by atoms with E-state index in [1.807, 2.05) is 0 Å². The summed E-state index contributed by atoms with van der Waals surface area (Å²) in [5.41, 5.74) is 4.31. The zero-order valence-electron chi connectivity index (χ0n) is 9.95. The Morgan fingerprint density at radius 3 is 2.45 bits per heavy atom. The molecule has 0 fully saturated rings. The van der Waals surface area contributed by atoms with E-state index in [0.717, 1.165) is 24.3 Å². The molecule has 0 aliphatic rings. The van der Waals surface area contributed by atoms with Crippen LogP contribution in [0.2, 0.25) is 0 Å². The van der Waals surface area contributed by atoms with Crippen LogP contribution in [0.5, 0.6) is 5.75 Å². The standard InChI is InChI=1S/C13H9F3N2O2/c14-6-1-2-7(12(19)3-6)13(20)18-11-5-10(17)8(15)4-9(11)16/h1-5,19H,17H2,(H,18,20). The van der Waals surface area contributed by atoms with E-state index in [4.69, 9.17) is 5.73 Å². The molecule has 2 aromatic rings. The third-order valence-electron chi connectivity index (χ3n) is 2.54. The number of nitrogens with two attached hydrogens (primary N) is 1. The van der Waals surface area contributed by atoms with Gasteiger partial charge < -0.3 is 16.2 Å². The SMILES string of the molecule is Nc1cc(NC(=O)c2ccc(F)cc2O)c(F)cc1F. The minimum Gasteiger partial charge on any atom is -0.507 e. The highest BCUT2D eigenvalue weighted by Crippen LogP contribution is 2.24. The van der Waals surface area contributed by atoms with Crippen LogP contribution >= 0.6 is 0 Å². The van der Waals surface area contributed by atoms with Gasteiger partial charge in [0.15, 0.2) is 0 Å². The maximum atomic E-state index is 13.4. The van der Waals surface area contributed by atoms with Crippen molar-refractivity contribution in [2.24, 2.45) is 0 Å². The van der Waals surface area contributed by atoms with E-state index >= 15 is 0 Å². The number of amides is 1. The van der Waals surface area contributed by atoms with Gasteiger partial charge in [0, 0.05) is 12.1 Å². The van der Waals surface area contributed by atoms with Gasteiger partial charge in [0.05, 0.1) is 16.9 Å². The summed E-state index contributed by atoms with van der Waals surface area (Å²) in [7, 11) is 0. The summed E-state index contributed by atoms with van der Waals surface area (Å²) in [5, 5.41) is 11.5. The van der Waals surface area contributed by atoms with Crippen molar-refractivity contribution in [3.63, 3.8) is 0 Å². The van der Waals surface area contributed by atoms with Crippen LogP contribution in [-0.2, 0) is 0 Å². The Kier molecular flexibility index (Phi) is 3.51. The van der Waals surface area contributed by atoms with Crippen LogP contribution in [0.3, 0.4) is 0 Å². The quantitative estimate of drug-likeness (QED) is 0.741. The molecule has 0 aromatic heterocycles. The third-order valence-corrected chi connectivity index (χ3v) is 2.54. The molecule has 0 unspecified atom stereocenters. The predicted molar refractivity (Wildman–Crippen MR) is 66.8 cm³/mol. The number of hydrogen-bond donors (Lipinski definition) is 3. The van der Waals surface area contributed by atoms with Crippen molar-refractivity contribution < 1.29 is 23.1 Å². The summed E-state index contributed by atoms with van der Waals surface area (Å²) in [6.45, 7) is 0. The first-order valence-electron chi connectivity index (χ1n) is 5.43. The normalized spacial score (nSPS) is 10.3. The topological polar surface area (TPSA) is 75.3 Å². The summed E-state index contributed by atoms with van der Waals surface area (Å²) in [5.74, 6) is -4.18. The third kappa shape index (κ3) is 2.66. The van der Waals surface area contributed by atoms with Crippen molar-refractivity contribution >= 4 is 17.3 Å². The monoisotopic (exact) mass is 282 g/mol. The highest BCUT2D eigenvalue weighted by molar-refractivity contribution is 6.06. The van der Waals surface area contributed by atoms with Crippen molar-refractivity contribution in [1.82, 2.24) is 0 Å². The van der Waals surface area contributed by atoms with Gasteiger partial charge in [-0.1, -0.05) is 0 Å². The summed E-state index contributed by atoms with van der Waals surface area (Å²) in [6.07, 6.45) is 0. The average Bonchev–Trinajstić information content (AvgIpc) is 2.35. The molecule has 4 N–H and O–H groups in total. The molecule has 0 spiro atoms. The molecule has 0 radical (unpaired) electrons. The Morgan fingerprint density at radius 1 is 1.10 bits per heavy atom. The molecule has 20 heavy (non-hydrogen) atoms. The van der Waals surface area contributed by atoms with Gasteiger partial charge in [-0.05, 0) is 18.2 Å². The number of nitrogen functional groups attached to an aromatic ring is 1. The molecule has 0 heterocycles. The number of phenols is 1. The van der Waals surface area contributed by atoms with Gasteiger partial charge in [-0.25, -0.2) is 13.2 Å². The number of benzene rings is 2. The lowest BCUT2D eigenvalue weighted by molar-refractivity contribution is 0.102. The molecule has 1 amide bonds. The van der Waals surface area contributed by atoms with Crippen LogP contribution in [0.1, 0.15) is 10.4 Å². The summed E-state index contributed by atoms with van der Waals surface area (Å²) < 4.78 is 39.2. The number of carbonyl (C=O) groups excluding carboxylic acids is 1. The summed E-state index contributed by atoms with van der Waals surface area (Å²) in [4.78, 5) is 11.8. The fourth-order valence-electron chi connectivity index (χ4n) is 1.55. The lowest BCUT2D eigenvalue weighted by atomic mass is 10.1. The van der Waals surface area contributed by atoms with E-state index in [-0.39, 0.29) is 16.9 Å². The van der Waals surface area contributed by atoms with Gasteiger partial charge in [-0.2, -0.15) is 0 Å². The van der Waals surface area contributed by atoms with Crippen LogP contribution in [0.15, 0.2) is 30.3 Å². The first-order valence-corrected chi connectivity index (χ1v) is 5.43. The maximum absolute atomic E-state index is 13.4. The number of anilines is 2. The predicted octanol–water partition coefficient (Wildman–Crippen LogP) is 2.64. The average molecular weight is 282 g/mol. The molecule has 2 rings (SSSR count). The van der Waals surface area contributed by atoms with Crippen LogP contribution in [-0.4, -0.2) is 11.0 Å². The van der Waals surface area contributed by atoms with Crippen molar-refractivity contribution in [2.75, 3.05) is 11.1 Å². The molecule has 0 saturated heterocycles. The van der Waals surface area contributed by atoms with Gasteiger partial charge in [0.2, 0.25) is 0 Å². The number of rotatable bonds is 2. The van der Waals surface area contributed by atoms with Crippen molar-refractivity contribution in [3.05, 3.63) is 53.3 Å². The van der Waals surface area contributed by atoms with Crippen LogP contribution in [0.4, 0.5) is 24.5 Å². The molecule has 0 aliphatic carbocycles. The van der Waals surface area contributed by atoms with Crippen molar-refractivity contribution in [1.29, 1.82) is 0 Å². The minimum atomic E-state index is -1.02. The molecular weight excluding hydrogens is 273 g/mol. The Balaban J connectivity index is 2.30. The van der Waals surface area contributed by atoms with E-state index in [1.165, 1.54) is 0 Å². The van der Waals surface area contributed by atoms with Gasteiger partial charge in [0.25, 0.3) is 5.91 Å². The highest BCUT2D eigenvalue weighted by Gasteiger charge is 2.15. The Labute approximate surface area is 111 Å². The van der Waals surface area contributed by atoms with E-state index in [0.29, 0.717) is 6.07 Å². The molecule has 0 bridgehead atoms. The van der Waals surface area contributed by atoms with Gasteiger partial charge >= 0.3 is 0 Å². The van der Waals surface area contributed by atoms with Gasteiger partial charge in [0.1, 0.15) is 23.2 Å². The van der Waals surface area contributed by atoms with E-state index in [9.17, 15) is 23.1 Å². The first-order chi connectivity index (χ1) is 9.38. The summed E-state index contributed by atoms with van der Waals surface area (Å²) in [6, 6.07) is 4.16. The van der Waals surface area contributed by atoms with E-state index < -0.39 is 29.1 Å². The lowest BCUT2D eigenvalue weighted by Crippen LogP contribution is -2.14. The fourth-order valence-corrected chi connectivity index (χ4v) is 1.55.